The summed E-state index contributed by atoms with van der Waals surface area (Å²) in [6.07, 6.45) is -0.351. The molecule has 0 aromatic heterocycles. The van der Waals surface area contributed by atoms with Gasteiger partial charge in [0.2, 0.25) is 0 Å². The summed E-state index contributed by atoms with van der Waals surface area (Å²) in [5.41, 5.74) is 0. The maximum absolute atomic E-state index is 8.99. The molecule has 80 valence electrons. The molecule has 0 aromatic carbocycles. The van der Waals surface area contributed by atoms with E-state index in [-0.39, 0.29) is 19.4 Å². The van der Waals surface area contributed by atoms with Gasteiger partial charge in [0.1, 0.15) is 6.23 Å². The van der Waals surface area contributed by atoms with Gasteiger partial charge in [0, 0.05) is 12.4 Å². The van der Waals surface area contributed by atoms with E-state index in [0.29, 0.717) is 19.0 Å². The minimum atomic E-state index is -0.351. The van der Waals surface area contributed by atoms with E-state index in [1.165, 1.54) is 0 Å². The molecule has 1 unspecified atom stereocenters. The summed E-state index contributed by atoms with van der Waals surface area (Å²) < 4.78 is 5.28. The van der Waals surface area contributed by atoms with Crippen LogP contribution in [-0.4, -0.2) is 60.1 Å². The Hall–Kier alpha value is 0.130. The van der Waals surface area contributed by atoms with Crippen LogP contribution in [0.5, 0.6) is 0 Å². The van der Waals surface area contributed by atoms with Crippen LogP contribution in [0.25, 0.3) is 0 Å². The fourth-order valence-corrected chi connectivity index (χ4v) is 1.18. The third kappa shape index (κ3) is 5.44. The third-order valence-electron chi connectivity index (χ3n) is 1.74. The second-order valence-corrected chi connectivity index (χ2v) is 2.93. The molecule has 0 bridgehead atoms. The number of likely N-dealkylation sites (N-methyl/N-ethyl adjacent to an activating group) is 1. The summed E-state index contributed by atoms with van der Waals surface area (Å²) in [5, 5.41) is 17.7. The summed E-state index contributed by atoms with van der Waals surface area (Å²) in [7, 11) is 0. The van der Waals surface area contributed by atoms with E-state index in [2.05, 4.69) is 0 Å². The fraction of sp³-hybridized carbons (Fsp3) is 1.00. The van der Waals surface area contributed by atoms with E-state index in [1.807, 2.05) is 11.8 Å². The quantitative estimate of drug-likeness (QED) is 0.434. The minimum absolute atomic E-state index is 0.0641. The standard InChI is InChI=1S/C8H18ClNO3/c1-2-10(4-5-11)8(7-12)13-6-3-9/h8,11-12H,2-7H2,1H3. The lowest BCUT2D eigenvalue weighted by molar-refractivity contribution is -0.0839. The van der Waals surface area contributed by atoms with E-state index >= 15 is 0 Å². The molecule has 1 atom stereocenters. The predicted molar refractivity (Wildman–Crippen MR) is 51.9 cm³/mol. The van der Waals surface area contributed by atoms with Crippen LogP contribution >= 0.6 is 11.6 Å². The van der Waals surface area contributed by atoms with Crippen LogP contribution in [0, 0.1) is 0 Å². The SMILES string of the molecule is CCN(CCO)C(CO)OCCCl. The van der Waals surface area contributed by atoms with Gasteiger partial charge in [-0.25, -0.2) is 0 Å². The number of hydrogen-bond acceptors (Lipinski definition) is 4. The Morgan fingerprint density at radius 3 is 2.54 bits per heavy atom. The second kappa shape index (κ2) is 8.72. The molecular weight excluding hydrogens is 194 g/mol. The monoisotopic (exact) mass is 211 g/mol. The average molecular weight is 212 g/mol. The maximum Gasteiger partial charge on any atom is 0.134 e. The first-order chi connectivity index (χ1) is 6.29. The second-order valence-electron chi connectivity index (χ2n) is 2.55. The van der Waals surface area contributed by atoms with E-state index in [9.17, 15) is 0 Å². The summed E-state index contributed by atoms with van der Waals surface area (Å²) in [6.45, 7) is 3.58. The average Bonchev–Trinajstić information content (AvgIpc) is 2.17. The third-order valence-corrected chi connectivity index (χ3v) is 1.90. The number of ether oxygens (including phenoxy) is 1. The summed E-state index contributed by atoms with van der Waals surface area (Å²) in [6, 6.07) is 0. The van der Waals surface area contributed by atoms with E-state index in [4.69, 9.17) is 26.6 Å². The van der Waals surface area contributed by atoms with Crippen LogP contribution in [0.2, 0.25) is 0 Å². The van der Waals surface area contributed by atoms with Crippen LogP contribution in [0.4, 0.5) is 0 Å². The van der Waals surface area contributed by atoms with Gasteiger partial charge < -0.3 is 14.9 Å². The lowest BCUT2D eigenvalue weighted by atomic mass is 10.4. The topological polar surface area (TPSA) is 52.9 Å². The highest BCUT2D eigenvalue weighted by Gasteiger charge is 2.15. The zero-order valence-electron chi connectivity index (χ0n) is 7.95. The number of nitrogens with zero attached hydrogens (tertiary/aromatic N) is 1. The molecule has 0 aromatic rings. The van der Waals surface area contributed by atoms with Crippen molar-refractivity contribution in [2.45, 2.75) is 13.2 Å². The first-order valence-electron chi connectivity index (χ1n) is 4.43. The van der Waals surface area contributed by atoms with Crippen molar-refractivity contribution in [3.63, 3.8) is 0 Å². The van der Waals surface area contributed by atoms with Crippen LogP contribution in [-0.2, 0) is 4.74 Å². The Bertz CT molecular complexity index is 116. The molecule has 0 heterocycles. The highest BCUT2D eigenvalue weighted by Crippen LogP contribution is 2.00. The smallest absolute Gasteiger partial charge is 0.134 e. The van der Waals surface area contributed by atoms with Crippen molar-refractivity contribution >= 4 is 11.6 Å². The summed E-state index contributed by atoms with van der Waals surface area (Å²) >= 11 is 5.45. The molecule has 0 fully saturated rings. The van der Waals surface area contributed by atoms with Gasteiger partial charge in [-0.05, 0) is 6.54 Å². The molecule has 0 rings (SSSR count). The van der Waals surface area contributed by atoms with Crippen LogP contribution < -0.4 is 0 Å². The van der Waals surface area contributed by atoms with Gasteiger partial charge in [-0.3, -0.25) is 4.90 Å². The Labute approximate surface area is 84.1 Å². The Morgan fingerprint density at radius 2 is 2.15 bits per heavy atom. The number of rotatable bonds is 8. The molecule has 0 aliphatic carbocycles. The van der Waals surface area contributed by atoms with Gasteiger partial charge in [0.15, 0.2) is 0 Å². The van der Waals surface area contributed by atoms with E-state index < -0.39 is 0 Å². The van der Waals surface area contributed by atoms with Crippen molar-refractivity contribution in [3.8, 4) is 0 Å². The highest BCUT2D eigenvalue weighted by molar-refractivity contribution is 6.17. The van der Waals surface area contributed by atoms with E-state index in [0.717, 1.165) is 6.54 Å². The number of halogens is 1. The largest absolute Gasteiger partial charge is 0.395 e. The van der Waals surface area contributed by atoms with Gasteiger partial charge in [0.05, 0.1) is 19.8 Å². The molecule has 5 heteroatoms. The lowest BCUT2D eigenvalue weighted by Gasteiger charge is -2.28. The molecule has 0 spiro atoms. The van der Waals surface area contributed by atoms with Crippen LogP contribution in [0.15, 0.2) is 0 Å². The molecule has 0 aliphatic rings. The molecule has 0 saturated carbocycles. The Balaban J connectivity index is 3.84. The van der Waals surface area contributed by atoms with Crippen molar-refractivity contribution < 1.29 is 14.9 Å². The summed E-state index contributed by atoms with van der Waals surface area (Å²) in [4.78, 5) is 1.85. The molecule has 0 radical (unpaired) electrons. The minimum Gasteiger partial charge on any atom is -0.395 e. The molecule has 2 N–H and O–H groups in total. The van der Waals surface area contributed by atoms with Crippen LogP contribution in [0.3, 0.4) is 0 Å². The summed E-state index contributed by atoms with van der Waals surface area (Å²) in [5.74, 6) is 0.410. The van der Waals surface area contributed by atoms with Gasteiger partial charge in [0.25, 0.3) is 0 Å². The maximum atomic E-state index is 8.99. The predicted octanol–water partition coefficient (Wildman–Crippen LogP) is -0.126. The molecule has 0 aliphatic heterocycles. The number of aliphatic hydroxyl groups is 2. The number of alkyl halides is 1. The number of aliphatic hydroxyl groups excluding tert-OH is 2. The Kier molecular flexibility index (Phi) is 8.80. The normalized spacial score (nSPS) is 13.6. The van der Waals surface area contributed by atoms with Gasteiger partial charge in [-0.2, -0.15) is 0 Å². The van der Waals surface area contributed by atoms with E-state index in [1.54, 1.807) is 0 Å². The van der Waals surface area contributed by atoms with Gasteiger partial charge in [-0.15, -0.1) is 11.6 Å². The lowest BCUT2D eigenvalue weighted by Crippen LogP contribution is -2.41. The van der Waals surface area contributed by atoms with Gasteiger partial charge in [-0.1, -0.05) is 6.92 Å². The Morgan fingerprint density at radius 1 is 1.46 bits per heavy atom. The van der Waals surface area contributed by atoms with Crippen molar-refractivity contribution in [2.24, 2.45) is 0 Å². The first-order valence-corrected chi connectivity index (χ1v) is 4.96. The first kappa shape index (κ1) is 13.1. The fourth-order valence-electron chi connectivity index (χ4n) is 1.09. The molecule has 0 amide bonds. The van der Waals surface area contributed by atoms with Crippen molar-refractivity contribution in [2.75, 3.05) is 38.8 Å². The molecule has 4 nitrogen and oxygen atoms in total. The zero-order chi connectivity index (χ0) is 10.1. The molecule has 0 saturated heterocycles. The van der Waals surface area contributed by atoms with Crippen molar-refractivity contribution in [1.82, 2.24) is 4.90 Å². The molecular formula is C8H18ClNO3. The highest BCUT2D eigenvalue weighted by atomic mass is 35.5. The van der Waals surface area contributed by atoms with Crippen molar-refractivity contribution in [3.05, 3.63) is 0 Å². The molecule has 13 heavy (non-hydrogen) atoms. The van der Waals surface area contributed by atoms with Crippen LogP contribution in [0.1, 0.15) is 6.92 Å². The number of hydrogen-bond donors (Lipinski definition) is 2. The van der Waals surface area contributed by atoms with Gasteiger partial charge >= 0.3 is 0 Å². The van der Waals surface area contributed by atoms with Crippen molar-refractivity contribution in [1.29, 1.82) is 0 Å². The zero-order valence-corrected chi connectivity index (χ0v) is 8.70.